The molecule has 0 amide bonds. The monoisotopic (exact) mass is 328 g/mol. The topological polar surface area (TPSA) is 86.7 Å². The van der Waals surface area contributed by atoms with Crippen LogP contribution in [0.3, 0.4) is 0 Å². The Labute approximate surface area is 137 Å². The molecular formula is C17H28O6. The summed E-state index contributed by atoms with van der Waals surface area (Å²) < 4.78 is 9.32. The van der Waals surface area contributed by atoms with Crippen LogP contribution >= 0.6 is 0 Å². The fraction of sp³-hybridized carbons (Fsp3) is 0.765. The number of hydrogen-bond acceptors (Lipinski definition) is 6. The highest BCUT2D eigenvalue weighted by atomic mass is 16.5. The predicted octanol–water partition coefficient (Wildman–Crippen LogP) is 2.62. The summed E-state index contributed by atoms with van der Waals surface area (Å²) in [6.07, 6.45) is 6.98. The number of ether oxygens (including phenoxy) is 2. The zero-order valence-corrected chi connectivity index (χ0v) is 14.4. The number of rotatable bonds is 7. The van der Waals surface area contributed by atoms with E-state index in [9.17, 15) is 19.2 Å². The first kappa shape index (κ1) is 21.3. The van der Waals surface area contributed by atoms with E-state index in [0.29, 0.717) is 25.4 Å². The first-order valence-electron chi connectivity index (χ1n) is 8.29. The van der Waals surface area contributed by atoms with Crippen LogP contribution in [0.15, 0.2) is 0 Å². The largest absolute Gasteiger partial charge is 0.460 e. The predicted molar refractivity (Wildman–Crippen MR) is 84.8 cm³/mol. The molecule has 0 aromatic rings. The van der Waals surface area contributed by atoms with Gasteiger partial charge in [-0.15, -0.1) is 0 Å². The van der Waals surface area contributed by atoms with Crippen molar-refractivity contribution < 1.29 is 28.7 Å². The molecule has 0 bridgehead atoms. The lowest BCUT2D eigenvalue weighted by Crippen LogP contribution is -2.20. The fourth-order valence-electron chi connectivity index (χ4n) is 2.19. The summed E-state index contributed by atoms with van der Waals surface area (Å²) in [6.45, 7) is 5.46. The molecule has 1 saturated carbocycles. The summed E-state index contributed by atoms with van der Waals surface area (Å²) in [5.41, 5.74) is 0. The van der Waals surface area contributed by atoms with Crippen molar-refractivity contribution in [1.82, 2.24) is 0 Å². The van der Waals surface area contributed by atoms with Crippen molar-refractivity contribution >= 4 is 23.5 Å². The number of carbonyl (C=O) groups excluding carboxylic acids is 4. The molecule has 0 aliphatic heterocycles. The van der Waals surface area contributed by atoms with Crippen molar-refractivity contribution in [1.29, 1.82) is 0 Å². The Hall–Kier alpha value is -1.72. The number of hydrogen-bond donors (Lipinski definition) is 0. The Morgan fingerprint density at radius 1 is 0.913 bits per heavy atom. The molecule has 23 heavy (non-hydrogen) atoms. The molecule has 0 aromatic heterocycles. The molecule has 132 valence electrons. The van der Waals surface area contributed by atoms with Gasteiger partial charge in [-0.1, -0.05) is 26.2 Å². The van der Waals surface area contributed by atoms with Gasteiger partial charge < -0.3 is 9.47 Å². The zero-order valence-electron chi connectivity index (χ0n) is 14.4. The van der Waals surface area contributed by atoms with Gasteiger partial charge in [-0.2, -0.15) is 0 Å². The van der Waals surface area contributed by atoms with Crippen molar-refractivity contribution in [3.05, 3.63) is 0 Å². The van der Waals surface area contributed by atoms with Gasteiger partial charge in [0.25, 0.3) is 0 Å². The van der Waals surface area contributed by atoms with Crippen molar-refractivity contribution in [2.24, 2.45) is 5.92 Å². The van der Waals surface area contributed by atoms with Crippen LogP contribution in [0.4, 0.5) is 0 Å². The van der Waals surface area contributed by atoms with E-state index in [1.54, 1.807) is 6.92 Å². The molecule has 6 heteroatoms. The molecule has 0 N–H and O–H groups in total. The van der Waals surface area contributed by atoms with Gasteiger partial charge in [0.15, 0.2) is 0 Å². The van der Waals surface area contributed by atoms with Crippen molar-refractivity contribution in [2.75, 3.05) is 13.2 Å². The maximum Gasteiger partial charge on any atom is 0.374 e. The van der Waals surface area contributed by atoms with Crippen LogP contribution in [0.1, 0.15) is 65.7 Å². The molecule has 1 aliphatic carbocycles. The molecule has 0 unspecified atom stereocenters. The Morgan fingerprint density at radius 2 is 1.52 bits per heavy atom. The summed E-state index contributed by atoms with van der Waals surface area (Å²) >= 11 is 0. The lowest BCUT2D eigenvalue weighted by Gasteiger charge is -2.20. The van der Waals surface area contributed by atoms with Crippen LogP contribution in [0.25, 0.3) is 0 Å². The van der Waals surface area contributed by atoms with E-state index in [1.807, 2.05) is 6.92 Å². The maximum atomic E-state index is 10.8. The van der Waals surface area contributed by atoms with Crippen molar-refractivity contribution in [2.45, 2.75) is 65.7 Å². The van der Waals surface area contributed by atoms with Gasteiger partial charge in [-0.3, -0.25) is 9.59 Å². The molecule has 0 atom stereocenters. The Bertz CT molecular complexity index is 380. The Balaban J connectivity index is 0.000000438. The normalized spacial score (nSPS) is 14.2. The summed E-state index contributed by atoms with van der Waals surface area (Å²) in [5, 5.41) is 0. The second kappa shape index (κ2) is 12.8. The SMILES string of the molecule is CC(=O)C(=O)OCC1CCCCC1.CCCC(=O)C(=O)OCC. The lowest BCUT2D eigenvalue weighted by molar-refractivity contribution is -0.154. The minimum atomic E-state index is -0.704. The number of carbonyl (C=O) groups is 4. The molecule has 1 aliphatic rings. The van der Waals surface area contributed by atoms with E-state index in [0.717, 1.165) is 12.8 Å². The minimum Gasteiger partial charge on any atom is -0.460 e. The standard InChI is InChI=1S/C10H16O3.C7H12O3/c1-8(11)10(12)13-7-9-5-3-2-4-6-9;1-3-5-6(8)7(9)10-4-2/h9H,2-7H2,1H3;3-5H2,1-2H3. The molecule has 1 rings (SSSR count). The van der Waals surface area contributed by atoms with Gasteiger partial charge in [0.2, 0.25) is 11.6 Å². The molecule has 0 spiro atoms. The van der Waals surface area contributed by atoms with Gasteiger partial charge in [0.05, 0.1) is 13.2 Å². The third-order valence-corrected chi connectivity index (χ3v) is 3.44. The highest BCUT2D eigenvalue weighted by Gasteiger charge is 2.16. The molecular weight excluding hydrogens is 300 g/mol. The molecule has 1 fully saturated rings. The quantitative estimate of drug-likeness (QED) is 0.527. The van der Waals surface area contributed by atoms with Crippen LogP contribution in [-0.4, -0.2) is 36.7 Å². The first-order valence-corrected chi connectivity index (χ1v) is 8.29. The summed E-state index contributed by atoms with van der Waals surface area (Å²) in [7, 11) is 0. The first-order chi connectivity index (χ1) is 10.9. The minimum absolute atomic E-state index is 0.272. The smallest absolute Gasteiger partial charge is 0.374 e. The van der Waals surface area contributed by atoms with E-state index >= 15 is 0 Å². The van der Waals surface area contributed by atoms with Crippen LogP contribution in [0.5, 0.6) is 0 Å². The summed E-state index contributed by atoms with van der Waals surface area (Å²) in [5.74, 6) is -1.84. The number of ketones is 2. The van der Waals surface area contributed by atoms with E-state index in [1.165, 1.54) is 26.2 Å². The van der Waals surface area contributed by atoms with Crippen LogP contribution in [0, 0.1) is 5.92 Å². The Morgan fingerprint density at radius 3 is 2.00 bits per heavy atom. The highest BCUT2D eigenvalue weighted by Crippen LogP contribution is 2.23. The summed E-state index contributed by atoms with van der Waals surface area (Å²) in [6, 6.07) is 0. The van der Waals surface area contributed by atoms with E-state index in [2.05, 4.69) is 4.74 Å². The average Bonchev–Trinajstić information content (AvgIpc) is 2.54. The number of esters is 2. The van der Waals surface area contributed by atoms with Gasteiger partial charge in [0.1, 0.15) is 0 Å². The maximum absolute atomic E-state index is 10.8. The molecule has 0 saturated heterocycles. The molecule has 6 nitrogen and oxygen atoms in total. The lowest BCUT2D eigenvalue weighted by atomic mass is 9.90. The van der Waals surface area contributed by atoms with Crippen molar-refractivity contribution in [3.63, 3.8) is 0 Å². The van der Waals surface area contributed by atoms with E-state index < -0.39 is 23.5 Å². The second-order valence-electron chi connectivity index (χ2n) is 5.55. The second-order valence-corrected chi connectivity index (χ2v) is 5.55. The van der Waals surface area contributed by atoms with Gasteiger partial charge in [-0.25, -0.2) is 9.59 Å². The third kappa shape index (κ3) is 10.6. The van der Waals surface area contributed by atoms with Crippen molar-refractivity contribution in [3.8, 4) is 0 Å². The number of Topliss-reactive ketones (excluding diaryl/α,β-unsaturated/α-hetero) is 2. The molecule has 0 aromatic carbocycles. The Kier molecular flexibility index (Phi) is 11.8. The van der Waals surface area contributed by atoms with Gasteiger partial charge in [-0.05, 0) is 32.1 Å². The third-order valence-electron chi connectivity index (χ3n) is 3.44. The average molecular weight is 328 g/mol. The van der Waals surface area contributed by atoms with Crippen LogP contribution in [-0.2, 0) is 28.7 Å². The van der Waals surface area contributed by atoms with E-state index in [-0.39, 0.29) is 6.61 Å². The molecule has 0 radical (unpaired) electrons. The van der Waals surface area contributed by atoms with E-state index in [4.69, 9.17) is 4.74 Å². The summed E-state index contributed by atoms with van der Waals surface area (Å²) in [4.78, 5) is 42.6. The molecule has 0 heterocycles. The van der Waals surface area contributed by atoms with Crippen LogP contribution in [0.2, 0.25) is 0 Å². The van der Waals surface area contributed by atoms with Gasteiger partial charge in [0, 0.05) is 13.3 Å². The fourth-order valence-corrected chi connectivity index (χ4v) is 2.19. The zero-order chi connectivity index (χ0) is 17.7. The highest BCUT2D eigenvalue weighted by molar-refractivity contribution is 6.33. The van der Waals surface area contributed by atoms with Crippen LogP contribution < -0.4 is 0 Å². The van der Waals surface area contributed by atoms with Gasteiger partial charge >= 0.3 is 11.9 Å².